The standard InChI is InChI=1S/C16H14ClO2PS4/c1-11-5-3-7-13(9-11)18-15(21)23-20(17)24-16(22)19-14-8-4-6-12(2)10-14/h3-10H,1-2H3. The van der Waals surface area contributed by atoms with Gasteiger partial charge in [0, 0.05) is 0 Å². The van der Waals surface area contributed by atoms with Crippen molar-refractivity contribution < 1.29 is 9.47 Å². The van der Waals surface area contributed by atoms with Gasteiger partial charge in [0.1, 0.15) is 17.2 Å². The van der Waals surface area contributed by atoms with Crippen molar-refractivity contribution in [3.8, 4) is 11.5 Å². The molecule has 0 atom stereocenters. The van der Waals surface area contributed by atoms with Gasteiger partial charge in [-0.15, -0.1) is 0 Å². The fourth-order valence-electron chi connectivity index (χ4n) is 1.72. The third kappa shape index (κ3) is 7.26. The lowest BCUT2D eigenvalue weighted by Crippen LogP contribution is -2.00. The maximum Gasteiger partial charge on any atom is 0.231 e. The molecule has 0 saturated heterocycles. The number of aryl methyl sites for hydroxylation is 2. The second-order valence-corrected chi connectivity index (χ2v) is 13.7. The first-order valence-corrected chi connectivity index (χ1v) is 12.7. The molecule has 0 N–H and O–H groups in total. The number of benzene rings is 2. The van der Waals surface area contributed by atoms with Gasteiger partial charge in [0.15, 0.2) is 0 Å². The Morgan fingerprint density at radius 3 is 1.67 bits per heavy atom. The Hall–Kier alpha value is -0.360. The molecule has 0 aliphatic heterocycles. The molecule has 0 saturated carbocycles. The molecule has 0 unspecified atom stereocenters. The van der Waals surface area contributed by atoms with E-state index in [1.54, 1.807) is 0 Å². The van der Waals surface area contributed by atoms with E-state index < -0.39 is 5.68 Å². The molecule has 2 rings (SSSR count). The van der Waals surface area contributed by atoms with Crippen LogP contribution in [0.25, 0.3) is 0 Å². The zero-order chi connectivity index (χ0) is 17.5. The number of ether oxygens (including phenoxy) is 2. The van der Waals surface area contributed by atoms with Gasteiger partial charge >= 0.3 is 0 Å². The van der Waals surface area contributed by atoms with Crippen LogP contribution in [0, 0.1) is 13.8 Å². The van der Waals surface area contributed by atoms with Crippen molar-refractivity contribution in [2.45, 2.75) is 13.8 Å². The highest BCUT2D eigenvalue weighted by atomic mass is 35.7. The molecule has 8 heteroatoms. The molecular weight excluding hydrogens is 419 g/mol. The van der Waals surface area contributed by atoms with Crippen LogP contribution in [0.2, 0.25) is 0 Å². The van der Waals surface area contributed by atoms with E-state index >= 15 is 0 Å². The van der Waals surface area contributed by atoms with Gasteiger partial charge in [-0.3, -0.25) is 0 Å². The lowest BCUT2D eigenvalue weighted by atomic mass is 10.2. The van der Waals surface area contributed by atoms with Gasteiger partial charge in [0.2, 0.25) is 8.77 Å². The summed E-state index contributed by atoms with van der Waals surface area (Å²) >= 11 is 19.3. The minimum Gasteiger partial charge on any atom is -0.439 e. The zero-order valence-corrected chi connectivity index (χ0v) is 17.8. The highest BCUT2D eigenvalue weighted by molar-refractivity contribution is 9.01. The number of rotatable bonds is 4. The minimum absolute atomic E-state index is 0.368. The molecular formula is C16H14ClO2PS4. The summed E-state index contributed by atoms with van der Waals surface area (Å²) in [6, 6.07) is 15.4. The average Bonchev–Trinajstić information content (AvgIpc) is 2.46. The molecule has 0 bridgehead atoms. The van der Waals surface area contributed by atoms with Crippen LogP contribution in [-0.2, 0) is 0 Å². The van der Waals surface area contributed by atoms with Crippen LogP contribution in [0.4, 0.5) is 0 Å². The van der Waals surface area contributed by atoms with Gasteiger partial charge in [-0.1, -0.05) is 35.5 Å². The van der Waals surface area contributed by atoms with Crippen molar-refractivity contribution in [2.75, 3.05) is 0 Å². The first-order chi connectivity index (χ1) is 11.4. The summed E-state index contributed by atoms with van der Waals surface area (Å²) in [7, 11) is 0. The smallest absolute Gasteiger partial charge is 0.231 e. The predicted molar refractivity (Wildman–Crippen MR) is 117 cm³/mol. The molecule has 126 valence electrons. The van der Waals surface area contributed by atoms with E-state index in [1.807, 2.05) is 62.4 Å². The average molecular weight is 433 g/mol. The number of hydrogen-bond acceptors (Lipinski definition) is 6. The van der Waals surface area contributed by atoms with Crippen LogP contribution in [0.15, 0.2) is 48.5 Å². The summed E-state index contributed by atoms with van der Waals surface area (Å²) in [4.78, 5) is 0. The van der Waals surface area contributed by atoms with Crippen molar-refractivity contribution in [1.29, 1.82) is 0 Å². The molecule has 0 aliphatic carbocycles. The van der Waals surface area contributed by atoms with Crippen molar-refractivity contribution >= 4 is 72.9 Å². The first kappa shape index (κ1) is 20.0. The maximum atomic E-state index is 6.32. The van der Waals surface area contributed by atoms with Crippen molar-refractivity contribution in [1.82, 2.24) is 0 Å². The topological polar surface area (TPSA) is 18.5 Å². The van der Waals surface area contributed by atoms with E-state index in [0.717, 1.165) is 11.1 Å². The monoisotopic (exact) mass is 432 g/mol. The molecule has 0 amide bonds. The molecule has 0 spiro atoms. The SMILES string of the molecule is Cc1cccc(OC(=S)SP(Cl)SC(=S)Oc2cccc(C)c2)c1. The fraction of sp³-hybridized carbons (Fsp3) is 0.125. The number of halogens is 1. The third-order valence-electron chi connectivity index (χ3n) is 2.67. The van der Waals surface area contributed by atoms with Crippen molar-refractivity contribution in [3.63, 3.8) is 0 Å². The van der Waals surface area contributed by atoms with Gasteiger partial charge < -0.3 is 9.47 Å². The maximum absolute atomic E-state index is 6.32. The summed E-state index contributed by atoms with van der Waals surface area (Å²) in [5.74, 6) is 1.41. The summed E-state index contributed by atoms with van der Waals surface area (Å²) in [5.41, 5.74) is 1.12. The third-order valence-corrected chi connectivity index (χ3v) is 9.27. The van der Waals surface area contributed by atoms with Gasteiger partial charge in [-0.25, -0.2) is 0 Å². The van der Waals surface area contributed by atoms with Gasteiger partial charge in [-0.2, -0.15) is 0 Å². The quantitative estimate of drug-likeness (QED) is 0.371. The van der Waals surface area contributed by atoms with Gasteiger partial charge in [0.05, 0.1) is 0 Å². The Morgan fingerprint density at radius 2 is 1.29 bits per heavy atom. The Kier molecular flexibility index (Phi) is 8.28. The van der Waals surface area contributed by atoms with Gasteiger partial charge in [-0.05, 0) is 96.4 Å². The predicted octanol–water partition coefficient (Wildman–Crippen LogP) is 7.26. The second kappa shape index (κ2) is 9.95. The summed E-state index contributed by atoms with van der Waals surface area (Å²) < 4.78 is 12.0. The van der Waals surface area contributed by atoms with Gasteiger partial charge in [0.25, 0.3) is 0 Å². The largest absolute Gasteiger partial charge is 0.439 e. The molecule has 0 aromatic heterocycles. The molecule has 0 aliphatic rings. The van der Waals surface area contributed by atoms with Crippen LogP contribution >= 0.6 is 64.1 Å². The Labute approximate surface area is 166 Å². The molecule has 2 nitrogen and oxygen atoms in total. The van der Waals surface area contributed by atoms with E-state index in [1.165, 1.54) is 22.8 Å². The van der Waals surface area contributed by atoms with Crippen LogP contribution in [0.5, 0.6) is 11.5 Å². The highest BCUT2D eigenvalue weighted by Crippen LogP contribution is 2.66. The van der Waals surface area contributed by atoms with E-state index in [-0.39, 0.29) is 0 Å². The summed E-state index contributed by atoms with van der Waals surface area (Å²) in [6.07, 6.45) is 0. The molecule has 2 aromatic carbocycles. The van der Waals surface area contributed by atoms with Crippen LogP contribution < -0.4 is 9.47 Å². The molecule has 0 heterocycles. The Morgan fingerprint density at radius 1 is 0.875 bits per heavy atom. The Bertz CT molecular complexity index is 680. The van der Waals surface area contributed by atoms with Crippen LogP contribution in [-0.4, -0.2) is 8.77 Å². The lowest BCUT2D eigenvalue weighted by molar-refractivity contribution is 0.579. The van der Waals surface area contributed by atoms with Crippen molar-refractivity contribution in [2.24, 2.45) is 0 Å². The van der Waals surface area contributed by atoms with E-state index in [2.05, 4.69) is 0 Å². The normalized spacial score (nSPS) is 10.5. The number of thiocarbonyl (C=S) groups is 2. The first-order valence-electron chi connectivity index (χ1n) is 6.81. The lowest BCUT2D eigenvalue weighted by Gasteiger charge is -2.11. The molecule has 24 heavy (non-hydrogen) atoms. The molecule has 2 aromatic rings. The van der Waals surface area contributed by atoms with Crippen molar-refractivity contribution in [3.05, 3.63) is 59.7 Å². The number of hydrogen-bond donors (Lipinski definition) is 0. The fourth-order valence-corrected chi connectivity index (χ4v) is 9.10. The summed E-state index contributed by atoms with van der Waals surface area (Å²) in [6.45, 7) is 3.99. The zero-order valence-electron chi connectivity index (χ0n) is 12.9. The molecule has 0 fully saturated rings. The highest BCUT2D eigenvalue weighted by Gasteiger charge is 2.16. The summed E-state index contributed by atoms with van der Waals surface area (Å²) in [5, 5.41) is 0. The molecule has 0 radical (unpaired) electrons. The van der Waals surface area contributed by atoms with E-state index in [4.69, 9.17) is 45.2 Å². The van der Waals surface area contributed by atoms with E-state index in [9.17, 15) is 0 Å². The second-order valence-electron chi connectivity index (χ2n) is 4.73. The van der Waals surface area contributed by atoms with E-state index in [0.29, 0.717) is 20.3 Å². The van der Waals surface area contributed by atoms with Crippen LogP contribution in [0.1, 0.15) is 11.1 Å². The minimum atomic E-state index is -1.09. The Balaban J connectivity index is 1.80. The van der Waals surface area contributed by atoms with Crippen LogP contribution in [0.3, 0.4) is 0 Å².